The fourth-order valence-corrected chi connectivity index (χ4v) is 2.17. The van der Waals surface area contributed by atoms with Crippen molar-refractivity contribution in [1.29, 1.82) is 0 Å². The van der Waals surface area contributed by atoms with E-state index >= 15 is 0 Å². The first-order chi connectivity index (χ1) is 8.74. The smallest absolute Gasteiger partial charge is 0.200 e. The summed E-state index contributed by atoms with van der Waals surface area (Å²) in [5, 5.41) is 13.2. The van der Waals surface area contributed by atoms with Gasteiger partial charge >= 0.3 is 0 Å². The van der Waals surface area contributed by atoms with Gasteiger partial charge in [-0.3, -0.25) is 4.90 Å². The Morgan fingerprint density at radius 3 is 2.22 bits per heavy atom. The van der Waals surface area contributed by atoms with Gasteiger partial charge in [-0.25, -0.2) is 0 Å². The summed E-state index contributed by atoms with van der Waals surface area (Å²) < 4.78 is 10.3. The molecular formula is C13H20N2O3. The molecule has 0 bridgehead atoms. The van der Waals surface area contributed by atoms with Gasteiger partial charge in [0.2, 0.25) is 5.75 Å². The minimum Gasteiger partial charge on any atom is -0.502 e. The van der Waals surface area contributed by atoms with Crippen LogP contribution in [0.5, 0.6) is 17.2 Å². The number of phenolic OH excluding ortho intramolecular Hbond substituents is 1. The Balaban J connectivity index is 2.16. The van der Waals surface area contributed by atoms with Crippen LogP contribution in [0, 0.1) is 0 Å². The van der Waals surface area contributed by atoms with Gasteiger partial charge in [0.05, 0.1) is 14.2 Å². The van der Waals surface area contributed by atoms with E-state index in [1.54, 1.807) is 14.2 Å². The molecule has 18 heavy (non-hydrogen) atoms. The summed E-state index contributed by atoms with van der Waals surface area (Å²) in [4.78, 5) is 2.36. The third kappa shape index (κ3) is 2.86. The van der Waals surface area contributed by atoms with Crippen LogP contribution in [0.25, 0.3) is 0 Å². The lowest BCUT2D eigenvalue weighted by Crippen LogP contribution is -2.42. The van der Waals surface area contributed by atoms with E-state index in [0.29, 0.717) is 11.5 Å². The molecule has 100 valence electrons. The zero-order valence-electron chi connectivity index (χ0n) is 10.9. The van der Waals surface area contributed by atoms with E-state index in [1.165, 1.54) is 0 Å². The second-order valence-electron chi connectivity index (χ2n) is 4.38. The van der Waals surface area contributed by atoms with E-state index in [2.05, 4.69) is 10.2 Å². The zero-order valence-corrected chi connectivity index (χ0v) is 10.9. The van der Waals surface area contributed by atoms with Gasteiger partial charge < -0.3 is 19.9 Å². The molecule has 0 unspecified atom stereocenters. The summed E-state index contributed by atoms with van der Waals surface area (Å²) in [5.74, 6) is 0.975. The summed E-state index contributed by atoms with van der Waals surface area (Å²) in [5.41, 5.74) is 1.09. The average Bonchev–Trinajstić information content (AvgIpc) is 2.41. The Labute approximate surface area is 107 Å². The summed E-state index contributed by atoms with van der Waals surface area (Å²) >= 11 is 0. The number of hydrogen-bond acceptors (Lipinski definition) is 5. The fourth-order valence-electron chi connectivity index (χ4n) is 2.17. The van der Waals surface area contributed by atoms with Gasteiger partial charge in [0.1, 0.15) is 0 Å². The Morgan fingerprint density at radius 2 is 1.72 bits per heavy atom. The molecule has 0 aliphatic carbocycles. The van der Waals surface area contributed by atoms with Crippen molar-refractivity contribution in [2.45, 2.75) is 6.54 Å². The maximum Gasteiger partial charge on any atom is 0.200 e. The van der Waals surface area contributed by atoms with Crippen LogP contribution in [0.1, 0.15) is 5.56 Å². The van der Waals surface area contributed by atoms with Crippen molar-refractivity contribution in [2.75, 3.05) is 40.4 Å². The van der Waals surface area contributed by atoms with Gasteiger partial charge in [-0.1, -0.05) is 0 Å². The monoisotopic (exact) mass is 252 g/mol. The first-order valence-corrected chi connectivity index (χ1v) is 6.11. The molecule has 0 atom stereocenters. The second kappa shape index (κ2) is 5.93. The predicted octanol–water partition coefficient (Wildman–Crippen LogP) is 0.815. The second-order valence-corrected chi connectivity index (χ2v) is 4.38. The number of nitrogens with one attached hydrogen (secondary N) is 1. The molecule has 1 aromatic rings. The standard InChI is InChI=1S/C13H20N2O3/c1-17-11-7-10(8-12(18-2)13(11)16)9-15-5-3-14-4-6-15/h7-8,14,16H,3-6,9H2,1-2H3. The molecule has 0 radical (unpaired) electrons. The van der Waals surface area contributed by atoms with Crippen molar-refractivity contribution in [3.8, 4) is 17.2 Å². The van der Waals surface area contributed by atoms with Crippen LogP contribution in [0.15, 0.2) is 12.1 Å². The zero-order chi connectivity index (χ0) is 13.0. The highest BCUT2D eigenvalue weighted by atomic mass is 16.5. The van der Waals surface area contributed by atoms with Crippen LogP contribution in [-0.4, -0.2) is 50.4 Å². The van der Waals surface area contributed by atoms with Crippen LogP contribution in [0.2, 0.25) is 0 Å². The number of hydrogen-bond donors (Lipinski definition) is 2. The summed E-state index contributed by atoms with van der Waals surface area (Å²) in [6.07, 6.45) is 0. The quantitative estimate of drug-likeness (QED) is 0.830. The lowest BCUT2D eigenvalue weighted by Gasteiger charge is -2.27. The van der Waals surface area contributed by atoms with E-state index in [9.17, 15) is 5.11 Å². The number of aromatic hydroxyl groups is 1. The highest BCUT2D eigenvalue weighted by molar-refractivity contribution is 5.52. The maximum absolute atomic E-state index is 9.85. The van der Waals surface area contributed by atoms with Crippen LogP contribution in [-0.2, 0) is 6.54 Å². The van der Waals surface area contributed by atoms with E-state index in [1.807, 2.05) is 12.1 Å². The first-order valence-electron chi connectivity index (χ1n) is 6.11. The predicted molar refractivity (Wildman–Crippen MR) is 69.4 cm³/mol. The lowest BCUT2D eigenvalue weighted by atomic mass is 10.1. The van der Waals surface area contributed by atoms with Crippen molar-refractivity contribution in [1.82, 2.24) is 10.2 Å². The van der Waals surface area contributed by atoms with Crippen molar-refractivity contribution in [2.24, 2.45) is 0 Å². The summed E-state index contributed by atoms with van der Waals surface area (Å²) in [6, 6.07) is 3.72. The van der Waals surface area contributed by atoms with Crippen LogP contribution >= 0.6 is 0 Å². The van der Waals surface area contributed by atoms with Crippen LogP contribution in [0.4, 0.5) is 0 Å². The number of methoxy groups -OCH3 is 2. The Morgan fingerprint density at radius 1 is 1.17 bits per heavy atom. The van der Waals surface area contributed by atoms with E-state index in [-0.39, 0.29) is 5.75 Å². The fraction of sp³-hybridized carbons (Fsp3) is 0.538. The van der Waals surface area contributed by atoms with Crippen molar-refractivity contribution >= 4 is 0 Å². The largest absolute Gasteiger partial charge is 0.502 e. The van der Waals surface area contributed by atoms with Gasteiger partial charge in [0.25, 0.3) is 0 Å². The molecule has 0 aromatic heterocycles. The Bertz CT molecular complexity index is 378. The highest BCUT2D eigenvalue weighted by Gasteiger charge is 2.14. The Kier molecular flexibility index (Phi) is 4.28. The number of piperazine rings is 1. The molecular weight excluding hydrogens is 232 g/mol. The maximum atomic E-state index is 9.85. The molecule has 1 saturated heterocycles. The molecule has 0 saturated carbocycles. The number of rotatable bonds is 4. The van der Waals surface area contributed by atoms with Gasteiger partial charge in [-0.05, 0) is 17.7 Å². The van der Waals surface area contributed by atoms with Crippen LogP contribution < -0.4 is 14.8 Å². The Hall–Kier alpha value is -1.46. The summed E-state index contributed by atoms with van der Waals surface area (Å²) in [6.45, 7) is 4.95. The lowest BCUT2D eigenvalue weighted by molar-refractivity contribution is 0.232. The molecule has 1 aromatic carbocycles. The molecule has 1 aliphatic rings. The minimum atomic E-state index is 0.0593. The van der Waals surface area contributed by atoms with E-state index < -0.39 is 0 Å². The van der Waals surface area contributed by atoms with Crippen LogP contribution in [0.3, 0.4) is 0 Å². The third-order valence-electron chi connectivity index (χ3n) is 3.16. The molecule has 0 spiro atoms. The topological polar surface area (TPSA) is 54.0 Å². The average molecular weight is 252 g/mol. The molecule has 1 aliphatic heterocycles. The molecule has 1 heterocycles. The highest BCUT2D eigenvalue weighted by Crippen LogP contribution is 2.37. The number of ether oxygens (including phenoxy) is 2. The molecule has 2 rings (SSSR count). The summed E-state index contributed by atoms with van der Waals surface area (Å²) in [7, 11) is 3.09. The third-order valence-corrected chi connectivity index (χ3v) is 3.16. The van der Waals surface area contributed by atoms with E-state index in [4.69, 9.17) is 9.47 Å². The van der Waals surface area contributed by atoms with Gasteiger partial charge in [0.15, 0.2) is 11.5 Å². The SMILES string of the molecule is COc1cc(CN2CCNCC2)cc(OC)c1O. The molecule has 0 amide bonds. The van der Waals surface area contributed by atoms with E-state index in [0.717, 1.165) is 38.3 Å². The molecule has 5 nitrogen and oxygen atoms in total. The van der Waals surface area contributed by atoms with Gasteiger partial charge in [0, 0.05) is 32.7 Å². The minimum absolute atomic E-state index is 0.0593. The number of benzene rings is 1. The van der Waals surface area contributed by atoms with Crippen molar-refractivity contribution < 1.29 is 14.6 Å². The molecule has 5 heteroatoms. The molecule has 1 fully saturated rings. The first kappa shape index (κ1) is 13.0. The normalized spacial score (nSPS) is 16.6. The van der Waals surface area contributed by atoms with Gasteiger partial charge in [-0.15, -0.1) is 0 Å². The van der Waals surface area contributed by atoms with Crippen molar-refractivity contribution in [3.63, 3.8) is 0 Å². The van der Waals surface area contributed by atoms with Crippen molar-refractivity contribution in [3.05, 3.63) is 17.7 Å². The number of nitrogens with zero attached hydrogens (tertiary/aromatic N) is 1. The number of phenols is 1. The van der Waals surface area contributed by atoms with Gasteiger partial charge in [-0.2, -0.15) is 0 Å². The molecule has 2 N–H and O–H groups in total.